The zero-order valence-corrected chi connectivity index (χ0v) is 14.8. The number of anilines is 1. The Morgan fingerprint density at radius 2 is 2.00 bits per heavy atom. The lowest BCUT2D eigenvalue weighted by Gasteiger charge is -2.34. The first-order valence-corrected chi connectivity index (χ1v) is 9.37. The second-order valence-corrected chi connectivity index (χ2v) is 7.26. The highest BCUT2D eigenvalue weighted by Gasteiger charge is 2.33. The van der Waals surface area contributed by atoms with Crippen LogP contribution in [0.1, 0.15) is 28.9 Å². The number of nitrogens with zero attached hydrogens (tertiary/aromatic N) is 1. The van der Waals surface area contributed by atoms with Crippen LogP contribution in [-0.2, 0) is 4.79 Å². The molecule has 2 aromatic heterocycles. The molecule has 3 N–H and O–H groups in total. The van der Waals surface area contributed by atoms with E-state index < -0.39 is 6.04 Å². The number of benzene rings is 1. The predicted molar refractivity (Wildman–Crippen MR) is 101 cm³/mol. The van der Waals surface area contributed by atoms with E-state index in [-0.39, 0.29) is 17.5 Å². The Hall–Kier alpha value is -2.87. The number of carbonyl (C=O) groups excluding carboxylic acids is 2. The molecule has 3 heterocycles. The van der Waals surface area contributed by atoms with Gasteiger partial charge in [0.2, 0.25) is 5.91 Å². The SMILES string of the molecule is O=C(Nc1ccc2[nH]c(=O)[nH]c2c1)[C@H]1CCCCN1C(=O)c1cccs1. The molecule has 7 nitrogen and oxygen atoms in total. The van der Waals surface area contributed by atoms with E-state index in [0.29, 0.717) is 34.6 Å². The number of hydrogen-bond acceptors (Lipinski definition) is 4. The van der Waals surface area contributed by atoms with Crippen molar-refractivity contribution >= 4 is 39.9 Å². The summed E-state index contributed by atoms with van der Waals surface area (Å²) in [5.74, 6) is -0.294. The lowest BCUT2D eigenvalue weighted by Crippen LogP contribution is -2.49. The van der Waals surface area contributed by atoms with Crippen LogP contribution in [-0.4, -0.2) is 39.3 Å². The Morgan fingerprint density at radius 1 is 1.15 bits per heavy atom. The second kappa shape index (κ2) is 6.80. The largest absolute Gasteiger partial charge is 0.326 e. The molecule has 4 rings (SSSR count). The third-order valence-electron chi connectivity index (χ3n) is 4.58. The van der Waals surface area contributed by atoms with Crippen molar-refractivity contribution < 1.29 is 9.59 Å². The van der Waals surface area contributed by atoms with Crippen LogP contribution in [0.5, 0.6) is 0 Å². The summed E-state index contributed by atoms with van der Waals surface area (Å²) in [6.45, 7) is 0.582. The number of amides is 2. The molecule has 1 saturated heterocycles. The lowest BCUT2D eigenvalue weighted by atomic mass is 10.0. The van der Waals surface area contributed by atoms with Gasteiger partial charge in [-0.3, -0.25) is 9.59 Å². The Labute approximate surface area is 153 Å². The van der Waals surface area contributed by atoms with E-state index in [1.54, 1.807) is 29.2 Å². The maximum absolute atomic E-state index is 12.8. The molecular weight excluding hydrogens is 352 g/mol. The molecule has 2 amide bonds. The van der Waals surface area contributed by atoms with Crippen LogP contribution in [0.3, 0.4) is 0 Å². The van der Waals surface area contributed by atoms with Crippen molar-refractivity contribution in [2.24, 2.45) is 0 Å². The summed E-state index contributed by atoms with van der Waals surface area (Å²) in [5, 5.41) is 4.74. The fourth-order valence-electron chi connectivity index (χ4n) is 3.32. The van der Waals surface area contributed by atoms with Gasteiger partial charge in [0.05, 0.1) is 15.9 Å². The number of thiophene rings is 1. The van der Waals surface area contributed by atoms with Crippen LogP contribution < -0.4 is 11.0 Å². The summed E-state index contributed by atoms with van der Waals surface area (Å²) in [6, 6.07) is 8.31. The molecule has 1 aliphatic heterocycles. The molecule has 1 atom stereocenters. The molecule has 1 aliphatic rings. The van der Waals surface area contributed by atoms with Crippen molar-refractivity contribution in [3.8, 4) is 0 Å². The molecule has 0 unspecified atom stereocenters. The standard InChI is InChI=1S/C18H18N4O3S/c23-16(19-11-6-7-12-13(10-11)21-18(25)20-12)14-4-1-2-8-22(14)17(24)15-5-3-9-26-15/h3,5-7,9-10,14H,1-2,4,8H2,(H,19,23)(H2,20,21,25)/t14-/m1/s1. The number of aromatic nitrogens is 2. The summed E-state index contributed by atoms with van der Waals surface area (Å²) >= 11 is 1.39. The number of piperidine rings is 1. The maximum Gasteiger partial charge on any atom is 0.323 e. The number of carbonyl (C=O) groups is 2. The van der Waals surface area contributed by atoms with Gasteiger partial charge < -0.3 is 20.2 Å². The monoisotopic (exact) mass is 370 g/mol. The number of likely N-dealkylation sites (tertiary alicyclic amines) is 1. The van der Waals surface area contributed by atoms with Crippen LogP contribution in [0.25, 0.3) is 11.0 Å². The third kappa shape index (κ3) is 3.15. The highest BCUT2D eigenvalue weighted by molar-refractivity contribution is 7.12. The van der Waals surface area contributed by atoms with Gasteiger partial charge in [-0.1, -0.05) is 6.07 Å². The van der Waals surface area contributed by atoms with Gasteiger partial charge in [0.25, 0.3) is 5.91 Å². The average Bonchev–Trinajstić information content (AvgIpc) is 3.29. The minimum absolute atomic E-state index is 0.0923. The highest BCUT2D eigenvalue weighted by Crippen LogP contribution is 2.23. The van der Waals surface area contributed by atoms with Crippen LogP contribution in [0.4, 0.5) is 5.69 Å². The van der Waals surface area contributed by atoms with E-state index in [0.717, 1.165) is 12.8 Å². The van der Waals surface area contributed by atoms with Crippen molar-refractivity contribution in [2.45, 2.75) is 25.3 Å². The molecule has 0 spiro atoms. The molecular formula is C18H18N4O3S. The van der Waals surface area contributed by atoms with E-state index in [1.807, 2.05) is 11.4 Å². The summed E-state index contributed by atoms with van der Waals surface area (Å²) < 4.78 is 0. The fourth-order valence-corrected chi connectivity index (χ4v) is 4.00. The number of rotatable bonds is 3. The molecule has 0 bridgehead atoms. The van der Waals surface area contributed by atoms with Gasteiger partial charge >= 0.3 is 5.69 Å². The van der Waals surface area contributed by atoms with Gasteiger partial charge in [-0.05, 0) is 48.9 Å². The molecule has 1 fully saturated rings. The van der Waals surface area contributed by atoms with Gasteiger partial charge in [-0.25, -0.2) is 4.79 Å². The van der Waals surface area contributed by atoms with E-state index in [9.17, 15) is 14.4 Å². The lowest BCUT2D eigenvalue weighted by molar-refractivity contribution is -0.121. The van der Waals surface area contributed by atoms with Crippen molar-refractivity contribution in [1.82, 2.24) is 14.9 Å². The topological polar surface area (TPSA) is 98.1 Å². The molecule has 8 heteroatoms. The van der Waals surface area contributed by atoms with E-state index in [2.05, 4.69) is 15.3 Å². The van der Waals surface area contributed by atoms with Gasteiger partial charge in [0.1, 0.15) is 6.04 Å². The number of nitrogens with one attached hydrogen (secondary N) is 3. The summed E-state index contributed by atoms with van der Waals surface area (Å²) in [5.41, 5.74) is 1.61. The van der Waals surface area contributed by atoms with Crippen LogP contribution in [0.15, 0.2) is 40.5 Å². The molecule has 26 heavy (non-hydrogen) atoms. The van der Waals surface area contributed by atoms with Crippen LogP contribution in [0, 0.1) is 0 Å². The predicted octanol–water partition coefficient (Wildman–Crippen LogP) is 2.55. The maximum atomic E-state index is 12.8. The second-order valence-electron chi connectivity index (χ2n) is 6.32. The zero-order chi connectivity index (χ0) is 18.1. The number of fused-ring (bicyclic) bond motifs is 1. The van der Waals surface area contributed by atoms with Gasteiger partial charge in [-0.15, -0.1) is 11.3 Å². The Kier molecular flexibility index (Phi) is 4.34. The summed E-state index contributed by atoms with van der Waals surface area (Å²) in [4.78, 5) is 44.5. The molecule has 3 aromatic rings. The quantitative estimate of drug-likeness (QED) is 0.661. The molecule has 0 aliphatic carbocycles. The van der Waals surface area contributed by atoms with Gasteiger partial charge in [0.15, 0.2) is 0 Å². The highest BCUT2D eigenvalue weighted by atomic mass is 32.1. The number of hydrogen-bond donors (Lipinski definition) is 3. The average molecular weight is 370 g/mol. The number of aromatic amines is 2. The van der Waals surface area contributed by atoms with Crippen molar-refractivity contribution in [2.75, 3.05) is 11.9 Å². The fraction of sp³-hybridized carbons (Fsp3) is 0.278. The number of H-pyrrole nitrogens is 2. The smallest absolute Gasteiger partial charge is 0.323 e. The first-order chi connectivity index (χ1) is 12.6. The van der Waals surface area contributed by atoms with Crippen molar-refractivity contribution in [3.05, 3.63) is 51.1 Å². The first kappa shape index (κ1) is 16.6. The zero-order valence-electron chi connectivity index (χ0n) is 14.0. The van der Waals surface area contributed by atoms with Crippen LogP contribution in [0.2, 0.25) is 0 Å². The Bertz CT molecular complexity index is 1010. The number of imidazole rings is 1. The normalized spacial score (nSPS) is 17.4. The molecule has 134 valence electrons. The Morgan fingerprint density at radius 3 is 2.81 bits per heavy atom. The summed E-state index contributed by atoms with van der Waals surface area (Å²) in [7, 11) is 0. The molecule has 1 aromatic carbocycles. The third-order valence-corrected chi connectivity index (χ3v) is 5.44. The van der Waals surface area contributed by atoms with E-state index in [4.69, 9.17) is 0 Å². The minimum Gasteiger partial charge on any atom is -0.326 e. The van der Waals surface area contributed by atoms with Gasteiger partial charge in [0, 0.05) is 12.2 Å². The van der Waals surface area contributed by atoms with E-state index >= 15 is 0 Å². The molecule has 0 saturated carbocycles. The van der Waals surface area contributed by atoms with E-state index in [1.165, 1.54) is 11.3 Å². The summed E-state index contributed by atoms with van der Waals surface area (Å²) in [6.07, 6.45) is 2.46. The molecule has 0 radical (unpaired) electrons. The van der Waals surface area contributed by atoms with Crippen molar-refractivity contribution in [1.29, 1.82) is 0 Å². The first-order valence-electron chi connectivity index (χ1n) is 8.49. The minimum atomic E-state index is -0.487. The van der Waals surface area contributed by atoms with Crippen molar-refractivity contribution in [3.63, 3.8) is 0 Å². The van der Waals surface area contributed by atoms with Crippen LogP contribution >= 0.6 is 11.3 Å². The Balaban J connectivity index is 1.54. The van der Waals surface area contributed by atoms with Gasteiger partial charge in [-0.2, -0.15) is 0 Å².